The molecule has 0 aliphatic carbocycles. The second-order valence-electron chi connectivity index (χ2n) is 4.60. The SMILES string of the molecule is CN1CCN(c2ccc(C(=O)CC#N)cc2)CC1. The van der Waals surface area contributed by atoms with Gasteiger partial charge in [0.05, 0.1) is 12.5 Å². The molecule has 0 aromatic heterocycles. The Morgan fingerprint density at radius 3 is 2.39 bits per heavy atom. The third-order valence-electron chi connectivity index (χ3n) is 3.30. The Bertz CT molecular complexity index is 453. The highest BCUT2D eigenvalue weighted by atomic mass is 16.1. The van der Waals surface area contributed by atoms with E-state index in [-0.39, 0.29) is 12.2 Å². The smallest absolute Gasteiger partial charge is 0.176 e. The van der Waals surface area contributed by atoms with Gasteiger partial charge in [0.15, 0.2) is 5.78 Å². The van der Waals surface area contributed by atoms with Crippen LogP contribution >= 0.6 is 0 Å². The molecule has 0 atom stereocenters. The van der Waals surface area contributed by atoms with Crippen LogP contribution in [0.1, 0.15) is 16.8 Å². The predicted molar refractivity (Wildman–Crippen MR) is 70.7 cm³/mol. The molecular formula is C14H17N3O. The highest BCUT2D eigenvalue weighted by molar-refractivity contribution is 5.97. The average Bonchev–Trinajstić information content (AvgIpc) is 2.40. The molecule has 0 spiro atoms. The van der Waals surface area contributed by atoms with Crippen molar-refractivity contribution in [3.63, 3.8) is 0 Å². The van der Waals surface area contributed by atoms with Gasteiger partial charge >= 0.3 is 0 Å². The van der Waals surface area contributed by atoms with Crippen LogP contribution in [0, 0.1) is 11.3 Å². The summed E-state index contributed by atoms with van der Waals surface area (Å²) in [5.41, 5.74) is 1.77. The third-order valence-corrected chi connectivity index (χ3v) is 3.30. The van der Waals surface area contributed by atoms with Gasteiger partial charge in [-0.3, -0.25) is 4.79 Å². The quantitative estimate of drug-likeness (QED) is 0.755. The Hall–Kier alpha value is -1.86. The summed E-state index contributed by atoms with van der Waals surface area (Å²) in [7, 11) is 2.13. The van der Waals surface area contributed by atoms with Gasteiger partial charge in [0.2, 0.25) is 0 Å². The Morgan fingerprint density at radius 1 is 1.22 bits per heavy atom. The summed E-state index contributed by atoms with van der Waals surface area (Å²) in [5.74, 6) is -0.109. The first kappa shape index (κ1) is 12.6. The van der Waals surface area contributed by atoms with Crippen molar-refractivity contribution in [3.8, 4) is 6.07 Å². The predicted octanol–water partition coefficient (Wildman–Crippen LogP) is 1.53. The molecule has 1 aromatic carbocycles. The van der Waals surface area contributed by atoms with E-state index in [1.807, 2.05) is 30.3 Å². The highest BCUT2D eigenvalue weighted by Crippen LogP contribution is 2.17. The molecule has 0 saturated carbocycles. The van der Waals surface area contributed by atoms with Gasteiger partial charge in [-0.2, -0.15) is 5.26 Å². The van der Waals surface area contributed by atoms with E-state index in [9.17, 15) is 4.79 Å². The van der Waals surface area contributed by atoms with Crippen molar-refractivity contribution in [2.75, 3.05) is 38.1 Å². The fourth-order valence-electron chi connectivity index (χ4n) is 2.10. The van der Waals surface area contributed by atoms with E-state index >= 15 is 0 Å². The zero-order chi connectivity index (χ0) is 13.0. The molecule has 2 rings (SSSR count). The molecule has 0 bridgehead atoms. The molecule has 94 valence electrons. The van der Waals surface area contributed by atoms with Crippen LogP contribution < -0.4 is 4.90 Å². The fraction of sp³-hybridized carbons (Fsp3) is 0.429. The summed E-state index contributed by atoms with van der Waals surface area (Å²) in [6.45, 7) is 4.16. The molecule has 1 aliphatic rings. The molecule has 1 fully saturated rings. The van der Waals surface area contributed by atoms with E-state index < -0.39 is 0 Å². The van der Waals surface area contributed by atoms with Crippen LogP contribution in [-0.4, -0.2) is 43.9 Å². The molecule has 4 heteroatoms. The molecule has 1 heterocycles. The minimum atomic E-state index is -0.109. The molecule has 0 amide bonds. The van der Waals surface area contributed by atoms with Crippen LogP contribution in [0.25, 0.3) is 0 Å². The van der Waals surface area contributed by atoms with Gasteiger partial charge in [-0.1, -0.05) is 0 Å². The number of carbonyl (C=O) groups excluding carboxylic acids is 1. The zero-order valence-corrected chi connectivity index (χ0v) is 10.6. The largest absolute Gasteiger partial charge is 0.369 e. The van der Waals surface area contributed by atoms with Gasteiger partial charge in [0.1, 0.15) is 0 Å². The molecular weight excluding hydrogens is 226 g/mol. The fourth-order valence-corrected chi connectivity index (χ4v) is 2.10. The van der Waals surface area contributed by atoms with Crippen LogP contribution in [0.4, 0.5) is 5.69 Å². The van der Waals surface area contributed by atoms with Crippen LogP contribution in [-0.2, 0) is 0 Å². The lowest BCUT2D eigenvalue weighted by atomic mass is 10.1. The van der Waals surface area contributed by atoms with Gasteiger partial charge < -0.3 is 9.80 Å². The average molecular weight is 243 g/mol. The number of nitriles is 1. The molecule has 0 radical (unpaired) electrons. The molecule has 0 unspecified atom stereocenters. The van der Waals surface area contributed by atoms with Gasteiger partial charge in [0.25, 0.3) is 0 Å². The molecule has 0 N–H and O–H groups in total. The maximum Gasteiger partial charge on any atom is 0.176 e. The molecule has 4 nitrogen and oxygen atoms in total. The number of hydrogen-bond acceptors (Lipinski definition) is 4. The Balaban J connectivity index is 2.04. The van der Waals surface area contributed by atoms with Crippen molar-refractivity contribution >= 4 is 11.5 Å². The molecule has 1 aromatic rings. The summed E-state index contributed by atoms with van der Waals surface area (Å²) in [6, 6.07) is 9.45. The van der Waals surface area contributed by atoms with E-state index in [1.54, 1.807) is 0 Å². The first-order chi connectivity index (χ1) is 8.70. The number of ketones is 1. The van der Waals surface area contributed by atoms with Crippen molar-refractivity contribution in [1.29, 1.82) is 5.26 Å². The maximum atomic E-state index is 11.5. The number of nitrogens with zero attached hydrogens (tertiary/aromatic N) is 3. The second-order valence-corrected chi connectivity index (χ2v) is 4.60. The van der Waals surface area contributed by atoms with Gasteiger partial charge in [0, 0.05) is 37.4 Å². The summed E-state index contributed by atoms with van der Waals surface area (Å²) in [6.07, 6.45) is -0.0478. The normalized spacial score (nSPS) is 16.3. The minimum absolute atomic E-state index is 0.0478. The van der Waals surface area contributed by atoms with Crippen LogP contribution in [0.2, 0.25) is 0 Å². The lowest BCUT2D eigenvalue weighted by Gasteiger charge is -2.34. The number of anilines is 1. The minimum Gasteiger partial charge on any atom is -0.369 e. The van der Waals surface area contributed by atoms with Crippen molar-refractivity contribution in [2.24, 2.45) is 0 Å². The molecule has 18 heavy (non-hydrogen) atoms. The van der Waals surface area contributed by atoms with Crippen LogP contribution in [0.15, 0.2) is 24.3 Å². The topological polar surface area (TPSA) is 47.3 Å². The summed E-state index contributed by atoms with van der Waals surface area (Å²) >= 11 is 0. The van der Waals surface area contributed by atoms with Crippen LogP contribution in [0.5, 0.6) is 0 Å². The number of piperazine rings is 1. The number of hydrogen-bond donors (Lipinski definition) is 0. The highest BCUT2D eigenvalue weighted by Gasteiger charge is 2.14. The van der Waals surface area contributed by atoms with Gasteiger partial charge in [-0.05, 0) is 31.3 Å². The number of likely N-dealkylation sites (N-methyl/N-ethyl adjacent to an activating group) is 1. The lowest BCUT2D eigenvalue weighted by molar-refractivity contribution is 0.0998. The van der Waals surface area contributed by atoms with E-state index in [4.69, 9.17) is 5.26 Å². The monoisotopic (exact) mass is 243 g/mol. The molecule has 1 aliphatic heterocycles. The molecule has 1 saturated heterocycles. The summed E-state index contributed by atoms with van der Waals surface area (Å²) in [5, 5.41) is 8.50. The number of Topliss-reactive ketones (excluding diaryl/α,β-unsaturated/α-hetero) is 1. The first-order valence-corrected chi connectivity index (χ1v) is 6.14. The maximum absolute atomic E-state index is 11.5. The number of carbonyl (C=O) groups is 1. The summed E-state index contributed by atoms with van der Waals surface area (Å²) in [4.78, 5) is 16.2. The first-order valence-electron chi connectivity index (χ1n) is 6.14. The van der Waals surface area contributed by atoms with Crippen molar-refractivity contribution in [3.05, 3.63) is 29.8 Å². The van der Waals surface area contributed by atoms with Crippen molar-refractivity contribution in [1.82, 2.24) is 4.90 Å². The standard InChI is InChI=1S/C14H17N3O/c1-16-8-10-17(11-9-16)13-4-2-12(3-5-13)14(18)6-7-15/h2-5H,6,8-11H2,1H3. The van der Waals surface area contributed by atoms with Crippen molar-refractivity contribution < 1.29 is 4.79 Å². The third kappa shape index (κ3) is 2.88. The lowest BCUT2D eigenvalue weighted by Crippen LogP contribution is -2.44. The number of rotatable bonds is 3. The van der Waals surface area contributed by atoms with E-state index in [0.717, 1.165) is 31.9 Å². The van der Waals surface area contributed by atoms with Crippen LogP contribution in [0.3, 0.4) is 0 Å². The Morgan fingerprint density at radius 2 is 1.83 bits per heavy atom. The number of benzene rings is 1. The van der Waals surface area contributed by atoms with E-state index in [2.05, 4.69) is 16.8 Å². The van der Waals surface area contributed by atoms with Gasteiger partial charge in [-0.15, -0.1) is 0 Å². The van der Waals surface area contributed by atoms with Gasteiger partial charge in [-0.25, -0.2) is 0 Å². The van der Waals surface area contributed by atoms with E-state index in [0.29, 0.717) is 5.56 Å². The Kier molecular flexibility index (Phi) is 3.96. The van der Waals surface area contributed by atoms with Crippen molar-refractivity contribution in [2.45, 2.75) is 6.42 Å². The Labute approximate surface area is 107 Å². The second kappa shape index (κ2) is 5.65. The van der Waals surface area contributed by atoms with E-state index in [1.165, 1.54) is 0 Å². The zero-order valence-electron chi connectivity index (χ0n) is 10.6. The summed E-state index contributed by atoms with van der Waals surface area (Å²) < 4.78 is 0.